The Kier molecular flexibility index (Phi) is 4.29. The molecule has 0 bridgehead atoms. The quantitative estimate of drug-likeness (QED) is 0.885. The maximum Gasteiger partial charge on any atom is 0.233 e. The lowest BCUT2D eigenvalue weighted by Crippen LogP contribution is -2.37. The van der Waals surface area contributed by atoms with Gasteiger partial charge in [0.1, 0.15) is 5.69 Å². The van der Waals surface area contributed by atoms with Crippen molar-refractivity contribution in [1.82, 2.24) is 25.7 Å². The molecule has 2 aromatic rings. The molecule has 108 valence electrons. The van der Waals surface area contributed by atoms with Crippen molar-refractivity contribution in [3.63, 3.8) is 0 Å². The first-order chi connectivity index (χ1) is 9.48. The average molecular weight is 277 g/mol. The van der Waals surface area contributed by atoms with Gasteiger partial charge in [-0.2, -0.15) is 4.98 Å². The third kappa shape index (κ3) is 3.99. The summed E-state index contributed by atoms with van der Waals surface area (Å²) in [5.41, 5.74) is 0.634. The van der Waals surface area contributed by atoms with Crippen LogP contribution in [-0.2, 0) is 6.42 Å². The number of hydrogen-bond donors (Lipinski definition) is 1. The lowest BCUT2D eigenvalue weighted by atomic mass is 10.1. The highest BCUT2D eigenvalue weighted by Gasteiger charge is 2.12. The molecule has 2 rings (SSSR count). The van der Waals surface area contributed by atoms with Crippen LogP contribution in [0, 0.1) is 0 Å². The molecule has 0 aromatic carbocycles. The maximum absolute atomic E-state index is 5.19. The molecule has 0 fully saturated rings. The zero-order valence-corrected chi connectivity index (χ0v) is 12.2. The van der Waals surface area contributed by atoms with E-state index in [0.717, 1.165) is 6.54 Å². The van der Waals surface area contributed by atoms with Gasteiger partial charge >= 0.3 is 0 Å². The molecule has 7 heteroatoms. The number of nitrogens with one attached hydrogen (secondary N) is 1. The van der Waals surface area contributed by atoms with Crippen LogP contribution in [-0.4, -0.2) is 39.5 Å². The van der Waals surface area contributed by atoms with Crippen molar-refractivity contribution in [2.75, 3.05) is 13.7 Å². The van der Waals surface area contributed by atoms with Crippen molar-refractivity contribution in [3.05, 3.63) is 18.0 Å². The van der Waals surface area contributed by atoms with E-state index in [2.05, 4.69) is 46.4 Å². The van der Waals surface area contributed by atoms with Gasteiger partial charge in [-0.05, 0) is 26.8 Å². The van der Waals surface area contributed by atoms with Gasteiger partial charge in [0.05, 0.1) is 7.11 Å². The number of rotatable bonds is 5. The molecule has 0 atom stereocenters. The van der Waals surface area contributed by atoms with Crippen molar-refractivity contribution in [2.24, 2.45) is 0 Å². The Morgan fingerprint density at radius 2 is 2.05 bits per heavy atom. The van der Waals surface area contributed by atoms with Crippen LogP contribution in [0.5, 0.6) is 5.88 Å². The first kappa shape index (κ1) is 14.4. The number of nitrogens with zero attached hydrogens (tertiary/aromatic N) is 4. The van der Waals surface area contributed by atoms with Crippen LogP contribution < -0.4 is 10.1 Å². The van der Waals surface area contributed by atoms with Gasteiger partial charge in [0.2, 0.25) is 17.6 Å². The van der Waals surface area contributed by atoms with E-state index in [4.69, 9.17) is 9.26 Å². The Morgan fingerprint density at radius 3 is 2.65 bits per heavy atom. The summed E-state index contributed by atoms with van der Waals surface area (Å²) >= 11 is 0. The molecule has 0 amide bonds. The first-order valence-corrected chi connectivity index (χ1v) is 6.43. The highest BCUT2D eigenvalue weighted by Crippen LogP contribution is 2.14. The molecular formula is C13H19N5O2. The van der Waals surface area contributed by atoms with E-state index in [9.17, 15) is 0 Å². The summed E-state index contributed by atoms with van der Waals surface area (Å²) in [6, 6.07) is 3.45. The molecule has 2 aromatic heterocycles. The molecule has 0 aliphatic heterocycles. The fourth-order valence-corrected chi connectivity index (χ4v) is 1.55. The molecule has 0 saturated heterocycles. The summed E-state index contributed by atoms with van der Waals surface area (Å²) < 4.78 is 10.1. The predicted octanol–water partition coefficient (Wildman–Crippen LogP) is 1.47. The first-order valence-electron chi connectivity index (χ1n) is 6.43. The number of aromatic nitrogens is 4. The smallest absolute Gasteiger partial charge is 0.233 e. The van der Waals surface area contributed by atoms with E-state index in [0.29, 0.717) is 29.7 Å². The molecule has 0 radical (unpaired) electrons. The van der Waals surface area contributed by atoms with Crippen LogP contribution in [0.25, 0.3) is 11.5 Å². The summed E-state index contributed by atoms with van der Waals surface area (Å²) in [7, 11) is 1.54. The normalized spacial score (nSPS) is 11.6. The Hall–Kier alpha value is -2.02. The third-order valence-electron chi connectivity index (χ3n) is 2.54. The zero-order valence-electron chi connectivity index (χ0n) is 12.2. The fourth-order valence-electron chi connectivity index (χ4n) is 1.55. The van der Waals surface area contributed by atoms with E-state index in [1.807, 2.05) is 0 Å². The molecule has 1 N–H and O–H groups in total. The lowest BCUT2D eigenvalue weighted by Gasteiger charge is -2.19. The van der Waals surface area contributed by atoms with E-state index >= 15 is 0 Å². The van der Waals surface area contributed by atoms with Crippen LogP contribution in [0.15, 0.2) is 16.7 Å². The fraction of sp³-hybridized carbons (Fsp3) is 0.538. The second kappa shape index (κ2) is 5.96. The van der Waals surface area contributed by atoms with E-state index in [-0.39, 0.29) is 5.54 Å². The van der Waals surface area contributed by atoms with Crippen molar-refractivity contribution >= 4 is 0 Å². The zero-order chi connectivity index (χ0) is 14.6. The van der Waals surface area contributed by atoms with Crippen molar-refractivity contribution < 1.29 is 9.26 Å². The van der Waals surface area contributed by atoms with Crippen molar-refractivity contribution in [1.29, 1.82) is 0 Å². The molecule has 0 saturated carbocycles. The average Bonchev–Trinajstić information content (AvgIpc) is 2.86. The van der Waals surface area contributed by atoms with E-state index < -0.39 is 0 Å². The predicted molar refractivity (Wildman–Crippen MR) is 73.3 cm³/mol. The highest BCUT2D eigenvalue weighted by molar-refractivity contribution is 5.47. The van der Waals surface area contributed by atoms with Gasteiger partial charge < -0.3 is 14.6 Å². The van der Waals surface area contributed by atoms with Crippen molar-refractivity contribution in [2.45, 2.75) is 32.7 Å². The second-order valence-electron chi connectivity index (χ2n) is 5.40. The van der Waals surface area contributed by atoms with Crippen LogP contribution in [0.2, 0.25) is 0 Å². The third-order valence-corrected chi connectivity index (χ3v) is 2.54. The summed E-state index contributed by atoms with van der Waals surface area (Å²) in [6.07, 6.45) is 0.674. The number of hydrogen-bond acceptors (Lipinski definition) is 7. The lowest BCUT2D eigenvalue weighted by molar-refractivity contribution is 0.362. The van der Waals surface area contributed by atoms with Gasteiger partial charge in [0.25, 0.3) is 0 Å². The Balaban J connectivity index is 1.97. The van der Waals surface area contributed by atoms with E-state index in [1.165, 1.54) is 0 Å². The summed E-state index contributed by atoms with van der Waals surface area (Å²) in [4.78, 5) is 4.29. The van der Waals surface area contributed by atoms with Gasteiger partial charge in [0, 0.05) is 24.6 Å². The molecular weight excluding hydrogens is 258 g/mol. The van der Waals surface area contributed by atoms with Crippen LogP contribution in [0.1, 0.15) is 26.7 Å². The Morgan fingerprint density at radius 1 is 1.25 bits per heavy atom. The minimum Gasteiger partial charge on any atom is -0.480 e. The number of methoxy groups -OCH3 is 1. The monoisotopic (exact) mass is 277 g/mol. The Bertz CT molecular complexity index is 545. The minimum absolute atomic E-state index is 0.0737. The number of ether oxygens (including phenoxy) is 1. The largest absolute Gasteiger partial charge is 0.480 e. The second-order valence-corrected chi connectivity index (χ2v) is 5.40. The molecule has 0 unspecified atom stereocenters. The molecule has 7 nitrogen and oxygen atoms in total. The topological polar surface area (TPSA) is 86.0 Å². The standard InChI is InChI=1S/C13H19N5O2/c1-13(2,3)14-8-7-10-15-12(18-20-10)9-5-6-11(19-4)17-16-9/h5-6,14H,7-8H2,1-4H3. The van der Waals surface area contributed by atoms with Gasteiger partial charge in [0.15, 0.2) is 0 Å². The molecule has 0 aliphatic rings. The Labute approximate surface area is 117 Å². The van der Waals surface area contributed by atoms with Gasteiger partial charge in [-0.3, -0.25) is 0 Å². The van der Waals surface area contributed by atoms with Gasteiger partial charge in [-0.1, -0.05) is 5.16 Å². The summed E-state index contributed by atoms with van der Waals surface area (Å²) in [5.74, 6) is 1.46. The summed E-state index contributed by atoms with van der Waals surface area (Å²) in [6.45, 7) is 7.11. The van der Waals surface area contributed by atoms with Crippen LogP contribution in [0.4, 0.5) is 0 Å². The summed E-state index contributed by atoms with van der Waals surface area (Å²) in [5, 5.41) is 15.1. The molecule has 0 aliphatic carbocycles. The SMILES string of the molecule is COc1ccc(-c2noc(CCNC(C)(C)C)n2)nn1. The molecule has 2 heterocycles. The van der Waals surface area contributed by atoms with Crippen LogP contribution in [0.3, 0.4) is 0 Å². The van der Waals surface area contributed by atoms with Gasteiger partial charge in [-0.25, -0.2) is 0 Å². The van der Waals surface area contributed by atoms with E-state index in [1.54, 1.807) is 19.2 Å². The van der Waals surface area contributed by atoms with Gasteiger partial charge in [-0.15, -0.1) is 10.2 Å². The molecule has 20 heavy (non-hydrogen) atoms. The molecule has 0 spiro atoms. The highest BCUT2D eigenvalue weighted by atomic mass is 16.5. The van der Waals surface area contributed by atoms with Crippen molar-refractivity contribution in [3.8, 4) is 17.4 Å². The van der Waals surface area contributed by atoms with Crippen LogP contribution >= 0.6 is 0 Å². The minimum atomic E-state index is 0.0737. The maximum atomic E-state index is 5.19.